The second-order valence-corrected chi connectivity index (χ2v) is 5.31. The summed E-state index contributed by atoms with van der Waals surface area (Å²) in [5.74, 6) is -0.471. The molecule has 2 N–H and O–H groups in total. The summed E-state index contributed by atoms with van der Waals surface area (Å²) in [7, 11) is 1.56. The minimum atomic E-state index is -0.547. The number of methoxy groups -OCH3 is 1. The van der Waals surface area contributed by atoms with Crippen LogP contribution in [0.15, 0.2) is 42.5 Å². The van der Waals surface area contributed by atoms with Crippen molar-refractivity contribution < 1.29 is 14.5 Å². The Morgan fingerprint density at radius 1 is 1.29 bits per heavy atom. The molecule has 0 saturated carbocycles. The Morgan fingerprint density at radius 2 is 2.08 bits per heavy atom. The second-order valence-electron chi connectivity index (χ2n) is 4.87. The third-order valence-electron chi connectivity index (χ3n) is 3.16. The van der Waals surface area contributed by atoms with E-state index in [2.05, 4.69) is 10.6 Å². The first-order chi connectivity index (χ1) is 11.5. The van der Waals surface area contributed by atoms with E-state index in [4.69, 9.17) is 16.3 Å². The Balaban J connectivity index is 2.28. The van der Waals surface area contributed by atoms with Gasteiger partial charge in [-0.25, -0.2) is 0 Å². The van der Waals surface area contributed by atoms with Crippen molar-refractivity contribution in [2.24, 2.45) is 0 Å². The first kappa shape index (κ1) is 17.7. The molecule has 0 aliphatic rings. The number of ether oxygens (including phenoxy) is 1. The van der Waals surface area contributed by atoms with Crippen molar-refractivity contribution >= 4 is 34.6 Å². The number of anilines is 2. The Bertz CT molecular complexity index is 752. The van der Waals surface area contributed by atoms with Gasteiger partial charge in [-0.05, 0) is 24.3 Å². The average Bonchev–Trinajstić information content (AvgIpc) is 2.55. The van der Waals surface area contributed by atoms with Gasteiger partial charge in [-0.2, -0.15) is 0 Å². The van der Waals surface area contributed by atoms with Gasteiger partial charge in [-0.15, -0.1) is 0 Å². The highest BCUT2D eigenvalue weighted by atomic mass is 35.5. The zero-order valence-electron chi connectivity index (χ0n) is 12.9. The lowest BCUT2D eigenvalue weighted by atomic mass is 10.1. The van der Waals surface area contributed by atoms with Crippen LogP contribution in [0.3, 0.4) is 0 Å². The predicted octanol–water partition coefficient (Wildman–Crippen LogP) is 3.56. The summed E-state index contributed by atoms with van der Waals surface area (Å²) in [5, 5.41) is 17.1. The minimum absolute atomic E-state index is 0.163. The minimum Gasteiger partial charge on any atom is -0.383 e. The zero-order chi connectivity index (χ0) is 17.5. The smallest absolute Gasteiger partial charge is 0.270 e. The number of nitrogens with zero attached hydrogens (tertiary/aromatic N) is 1. The summed E-state index contributed by atoms with van der Waals surface area (Å²) in [6, 6.07) is 10.7. The lowest BCUT2D eigenvalue weighted by Gasteiger charge is -2.12. The van der Waals surface area contributed by atoms with Gasteiger partial charge in [0, 0.05) is 42.2 Å². The molecular weight excluding hydrogens is 334 g/mol. The van der Waals surface area contributed by atoms with E-state index in [0.29, 0.717) is 29.5 Å². The number of carbonyl (C=O) groups excluding carboxylic acids is 1. The Morgan fingerprint density at radius 3 is 2.75 bits per heavy atom. The van der Waals surface area contributed by atoms with Crippen LogP contribution < -0.4 is 10.6 Å². The summed E-state index contributed by atoms with van der Waals surface area (Å²) in [6.07, 6.45) is 0. The molecule has 0 aliphatic carbocycles. The third kappa shape index (κ3) is 4.68. The molecular formula is C16H16ClN3O4. The highest BCUT2D eigenvalue weighted by Gasteiger charge is 2.17. The van der Waals surface area contributed by atoms with Crippen LogP contribution in [0.2, 0.25) is 5.02 Å². The van der Waals surface area contributed by atoms with Crippen LogP contribution in [0.5, 0.6) is 0 Å². The summed E-state index contributed by atoms with van der Waals surface area (Å²) in [4.78, 5) is 22.9. The van der Waals surface area contributed by atoms with E-state index in [-0.39, 0.29) is 11.3 Å². The molecule has 0 saturated heterocycles. The van der Waals surface area contributed by atoms with Gasteiger partial charge >= 0.3 is 0 Å². The zero-order valence-corrected chi connectivity index (χ0v) is 13.7. The topological polar surface area (TPSA) is 93.5 Å². The van der Waals surface area contributed by atoms with E-state index in [9.17, 15) is 14.9 Å². The van der Waals surface area contributed by atoms with E-state index in [0.717, 1.165) is 0 Å². The lowest BCUT2D eigenvalue weighted by molar-refractivity contribution is -0.384. The van der Waals surface area contributed by atoms with E-state index in [1.807, 2.05) is 0 Å². The number of non-ortho nitro benzene ring substituents is 1. The van der Waals surface area contributed by atoms with Gasteiger partial charge in [0.2, 0.25) is 0 Å². The molecule has 0 aromatic heterocycles. The normalized spacial score (nSPS) is 10.2. The van der Waals surface area contributed by atoms with Crippen molar-refractivity contribution in [2.75, 3.05) is 30.9 Å². The van der Waals surface area contributed by atoms with E-state index >= 15 is 0 Å². The fraction of sp³-hybridized carbons (Fsp3) is 0.188. The first-order valence-electron chi connectivity index (χ1n) is 7.09. The second kappa shape index (κ2) is 8.28. The van der Waals surface area contributed by atoms with Crippen LogP contribution in [0.25, 0.3) is 0 Å². The molecule has 0 heterocycles. The maximum Gasteiger partial charge on any atom is 0.270 e. The maximum atomic E-state index is 12.5. The molecule has 0 unspecified atom stereocenters. The van der Waals surface area contributed by atoms with Gasteiger partial charge in [-0.1, -0.05) is 17.7 Å². The highest BCUT2D eigenvalue weighted by Crippen LogP contribution is 2.24. The van der Waals surface area contributed by atoms with Gasteiger partial charge in [0.05, 0.1) is 17.1 Å². The summed E-state index contributed by atoms with van der Waals surface area (Å²) >= 11 is 5.89. The standard InChI is InChI=1S/C16H16ClN3O4/c1-24-8-7-18-15-6-5-13(20(22)23)10-14(15)16(21)19-12-4-2-3-11(17)9-12/h2-6,9-10,18H,7-8H2,1H3,(H,19,21). The van der Waals surface area contributed by atoms with Crippen molar-refractivity contribution in [2.45, 2.75) is 0 Å². The van der Waals surface area contributed by atoms with Crippen LogP contribution in [0, 0.1) is 10.1 Å². The van der Waals surface area contributed by atoms with E-state index in [1.165, 1.54) is 18.2 Å². The fourth-order valence-electron chi connectivity index (χ4n) is 2.04. The predicted molar refractivity (Wildman–Crippen MR) is 92.9 cm³/mol. The SMILES string of the molecule is COCCNc1ccc([N+](=O)[O-])cc1C(=O)Nc1cccc(Cl)c1. The molecule has 0 spiro atoms. The molecule has 8 heteroatoms. The molecule has 2 aromatic rings. The van der Waals surface area contributed by atoms with Crippen molar-refractivity contribution in [1.29, 1.82) is 0 Å². The van der Waals surface area contributed by atoms with Crippen LogP contribution in [-0.4, -0.2) is 31.1 Å². The Labute approximate surface area is 143 Å². The molecule has 126 valence electrons. The number of hydrogen-bond donors (Lipinski definition) is 2. The van der Waals surface area contributed by atoms with Gasteiger partial charge < -0.3 is 15.4 Å². The number of amides is 1. The molecule has 0 bridgehead atoms. The summed E-state index contributed by atoms with van der Waals surface area (Å²) < 4.78 is 4.95. The molecule has 0 aliphatic heterocycles. The highest BCUT2D eigenvalue weighted by molar-refractivity contribution is 6.31. The van der Waals surface area contributed by atoms with Crippen molar-refractivity contribution in [3.63, 3.8) is 0 Å². The quantitative estimate of drug-likeness (QED) is 0.453. The maximum absolute atomic E-state index is 12.5. The largest absolute Gasteiger partial charge is 0.383 e. The Hall–Kier alpha value is -2.64. The summed E-state index contributed by atoms with van der Waals surface area (Å²) in [6.45, 7) is 0.901. The molecule has 0 radical (unpaired) electrons. The summed E-state index contributed by atoms with van der Waals surface area (Å²) in [5.41, 5.74) is 0.989. The average molecular weight is 350 g/mol. The molecule has 24 heavy (non-hydrogen) atoms. The van der Waals surface area contributed by atoms with Gasteiger partial charge in [0.25, 0.3) is 11.6 Å². The van der Waals surface area contributed by atoms with E-state index in [1.54, 1.807) is 31.4 Å². The van der Waals surface area contributed by atoms with Gasteiger partial charge in [-0.3, -0.25) is 14.9 Å². The third-order valence-corrected chi connectivity index (χ3v) is 3.40. The molecule has 0 atom stereocenters. The molecule has 7 nitrogen and oxygen atoms in total. The molecule has 2 aromatic carbocycles. The van der Waals surface area contributed by atoms with Gasteiger partial charge in [0.15, 0.2) is 0 Å². The monoisotopic (exact) mass is 349 g/mol. The first-order valence-corrected chi connectivity index (χ1v) is 7.47. The molecule has 0 fully saturated rings. The number of halogens is 1. The van der Waals surface area contributed by atoms with Crippen LogP contribution in [0.1, 0.15) is 10.4 Å². The fourth-order valence-corrected chi connectivity index (χ4v) is 2.23. The number of rotatable bonds is 7. The number of benzene rings is 2. The van der Waals surface area contributed by atoms with Crippen LogP contribution >= 0.6 is 11.6 Å². The van der Waals surface area contributed by atoms with Crippen LogP contribution in [0.4, 0.5) is 17.1 Å². The lowest BCUT2D eigenvalue weighted by Crippen LogP contribution is -2.16. The number of carbonyl (C=O) groups is 1. The number of nitro groups is 1. The van der Waals surface area contributed by atoms with Crippen molar-refractivity contribution in [3.8, 4) is 0 Å². The number of nitrogens with one attached hydrogen (secondary N) is 2. The van der Waals surface area contributed by atoms with Crippen molar-refractivity contribution in [3.05, 3.63) is 63.2 Å². The van der Waals surface area contributed by atoms with Gasteiger partial charge in [0.1, 0.15) is 0 Å². The van der Waals surface area contributed by atoms with Crippen LogP contribution in [-0.2, 0) is 4.74 Å². The van der Waals surface area contributed by atoms with Crippen molar-refractivity contribution in [1.82, 2.24) is 0 Å². The Kier molecular flexibility index (Phi) is 6.11. The molecule has 2 rings (SSSR count). The van der Waals surface area contributed by atoms with E-state index < -0.39 is 10.8 Å². The number of nitro benzene ring substituents is 1. The molecule has 1 amide bonds. The number of hydrogen-bond acceptors (Lipinski definition) is 5.